The number of benzene rings is 1. The Morgan fingerprint density at radius 1 is 1.20 bits per heavy atom. The lowest BCUT2D eigenvalue weighted by atomic mass is 9.91. The largest absolute Gasteiger partial charge is 0.508 e. The van der Waals surface area contributed by atoms with Crippen LogP contribution in [0.1, 0.15) is 28.2 Å². The van der Waals surface area contributed by atoms with E-state index in [9.17, 15) is 23.1 Å². The van der Waals surface area contributed by atoms with Crippen molar-refractivity contribution in [3.63, 3.8) is 0 Å². The molecule has 1 amide bonds. The summed E-state index contributed by atoms with van der Waals surface area (Å²) in [5.74, 6) is -1.94. The maximum absolute atomic E-state index is 12.7. The summed E-state index contributed by atoms with van der Waals surface area (Å²) >= 11 is 0. The minimum atomic E-state index is -5.08. The number of rotatable bonds is 6. The zero-order valence-corrected chi connectivity index (χ0v) is 19.1. The number of aryl methyl sites for hydroxylation is 1. The third kappa shape index (κ3) is 7.40. The fraction of sp³-hybridized carbons (Fsp3) is 0.458. The minimum absolute atomic E-state index is 0.0468. The highest BCUT2D eigenvalue weighted by atomic mass is 19.4. The van der Waals surface area contributed by atoms with Gasteiger partial charge in [0.05, 0.1) is 25.0 Å². The molecule has 8 nitrogen and oxygen atoms in total. The third-order valence-corrected chi connectivity index (χ3v) is 5.89. The Morgan fingerprint density at radius 3 is 2.57 bits per heavy atom. The maximum atomic E-state index is 12.7. The monoisotopic (exact) mass is 496 g/mol. The molecule has 2 aliphatic heterocycles. The Labute approximate surface area is 200 Å². The summed E-state index contributed by atoms with van der Waals surface area (Å²) in [6, 6.07) is 12.5. The van der Waals surface area contributed by atoms with Crippen LogP contribution in [0.2, 0.25) is 0 Å². The SMILES string of the molecule is Cc1cccc(COCC[C@H]2CO[C@H]3CN(C(=O)c4cccc(O)c4)C[C@@H]23)n1.O=C(O)C(F)(F)F. The second-order valence-electron chi connectivity index (χ2n) is 8.47. The van der Waals surface area contributed by atoms with E-state index in [4.69, 9.17) is 19.4 Å². The number of likely N-dealkylation sites (tertiary alicyclic amines) is 1. The molecular weight excluding hydrogens is 469 g/mol. The molecule has 1 aromatic heterocycles. The van der Waals surface area contributed by atoms with Crippen molar-refractivity contribution in [2.75, 3.05) is 26.3 Å². The number of aliphatic carboxylic acids is 1. The normalized spacial score (nSPS) is 21.3. The zero-order valence-electron chi connectivity index (χ0n) is 19.1. The highest BCUT2D eigenvalue weighted by Gasteiger charge is 2.45. The predicted molar refractivity (Wildman–Crippen MR) is 118 cm³/mol. The number of phenols is 1. The first-order valence-electron chi connectivity index (χ1n) is 11.0. The van der Waals surface area contributed by atoms with Crippen LogP contribution in [0.25, 0.3) is 0 Å². The van der Waals surface area contributed by atoms with Crippen LogP contribution < -0.4 is 0 Å². The van der Waals surface area contributed by atoms with Crippen molar-refractivity contribution in [3.8, 4) is 5.75 Å². The summed E-state index contributed by atoms with van der Waals surface area (Å²) in [7, 11) is 0. The van der Waals surface area contributed by atoms with Gasteiger partial charge in [0.15, 0.2) is 0 Å². The van der Waals surface area contributed by atoms with Gasteiger partial charge in [-0.3, -0.25) is 9.78 Å². The topological polar surface area (TPSA) is 109 Å². The van der Waals surface area contributed by atoms with E-state index in [1.807, 2.05) is 30.0 Å². The quantitative estimate of drug-likeness (QED) is 0.590. The number of aromatic nitrogens is 1. The number of halogens is 3. The number of pyridine rings is 1. The molecule has 2 saturated heterocycles. The number of fused-ring (bicyclic) bond motifs is 1. The molecule has 2 aromatic rings. The summed E-state index contributed by atoms with van der Waals surface area (Å²) in [5.41, 5.74) is 2.46. The maximum Gasteiger partial charge on any atom is 0.490 e. The van der Waals surface area contributed by atoms with E-state index in [0.29, 0.717) is 43.7 Å². The first kappa shape index (κ1) is 26.4. The van der Waals surface area contributed by atoms with Gasteiger partial charge >= 0.3 is 12.1 Å². The van der Waals surface area contributed by atoms with Gasteiger partial charge in [0.2, 0.25) is 0 Å². The molecule has 0 unspecified atom stereocenters. The fourth-order valence-electron chi connectivity index (χ4n) is 4.17. The molecule has 0 aliphatic carbocycles. The average molecular weight is 496 g/mol. The number of alkyl halides is 3. The smallest absolute Gasteiger partial charge is 0.490 e. The molecule has 2 fully saturated rings. The molecule has 35 heavy (non-hydrogen) atoms. The van der Waals surface area contributed by atoms with Gasteiger partial charge in [-0.2, -0.15) is 13.2 Å². The molecule has 2 aliphatic rings. The zero-order chi connectivity index (χ0) is 25.6. The van der Waals surface area contributed by atoms with Crippen LogP contribution in [0, 0.1) is 18.8 Å². The van der Waals surface area contributed by atoms with Crippen molar-refractivity contribution in [2.24, 2.45) is 11.8 Å². The van der Waals surface area contributed by atoms with Crippen LogP contribution in [-0.2, 0) is 20.9 Å². The van der Waals surface area contributed by atoms with E-state index in [2.05, 4.69) is 4.98 Å². The standard InChI is InChI=1S/C22H26N2O4.C2HF3O2/c1-15-4-2-6-18(23-15)14-27-9-8-17-13-28-21-12-24(11-20(17)21)22(26)16-5-3-7-19(25)10-16;3-2(4,5)1(6)7/h2-7,10,17,20-21,25H,8-9,11-14H2,1H3;(H,6,7)/t17-,20-,21-;/m0./s1. The number of carbonyl (C=O) groups excluding carboxylic acids is 1. The minimum Gasteiger partial charge on any atom is -0.508 e. The highest BCUT2D eigenvalue weighted by Crippen LogP contribution is 2.36. The molecule has 190 valence electrons. The molecule has 1 aromatic carbocycles. The van der Waals surface area contributed by atoms with E-state index >= 15 is 0 Å². The first-order chi connectivity index (χ1) is 16.5. The number of hydrogen-bond acceptors (Lipinski definition) is 6. The van der Waals surface area contributed by atoms with E-state index in [-0.39, 0.29) is 17.8 Å². The number of phenolic OH excluding ortho intramolecular Hbond substituents is 1. The van der Waals surface area contributed by atoms with Crippen LogP contribution >= 0.6 is 0 Å². The Morgan fingerprint density at radius 2 is 1.91 bits per heavy atom. The first-order valence-corrected chi connectivity index (χ1v) is 11.0. The van der Waals surface area contributed by atoms with Crippen molar-refractivity contribution in [2.45, 2.75) is 32.2 Å². The number of carboxylic acids is 1. The van der Waals surface area contributed by atoms with E-state index < -0.39 is 12.1 Å². The van der Waals surface area contributed by atoms with E-state index in [1.165, 1.54) is 6.07 Å². The molecule has 3 atom stereocenters. The number of carbonyl (C=O) groups is 2. The summed E-state index contributed by atoms with van der Waals surface area (Å²) in [6.45, 7) is 5.20. The summed E-state index contributed by atoms with van der Waals surface area (Å²) < 4.78 is 43.5. The number of carboxylic acid groups (broad SMARTS) is 1. The molecular formula is C24H27F3N2O6. The number of hydrogen-bond donors (Lipinski definition) is 2. The van der Waals surface area contributed by atoms with Gasteiger partial charge in [0, 0.05) is 36.9 Å². The predicted octanol–water partition coefficient (Wildman–Crippen LogP) is 3.42. The molecule has 0 bridgehead atoms. The van der Waals surface area contributed by atoms with Gasteiger partial charge in [-0.05, 0) is 49.6 Å². The van der Waals surface area contributed by atoms with Crippen LogP contribution in [0.15, 0.2) is 42.5 Å². The number of amides is 1. The van der Waals surface area contributed by atoms with Crippen LogP contribution in [0.5, 0.6) is 5.75 Å². The third-order valence-electron chi connectivity index (χ3n) is 5.89. The Bertz CT molecular complexity index is 1030. The molecule has 3 heterocycles. The second kappa shape index (κ2) is 11.5. The highest BCUT2D eigenvalue weighted by molar-refractivity contribution is 5.94. The molecule has 11 heteroatoms. The summed E-state index contributed by atoms with van der Waals surface area (Å²) in [6.07, 6.45) is -4.06. The van der Waals surface area contributed by atoms with Crippen LogP contribution in [-0.4, -0.2) is 70.6 Å². The summed E-state index contributed by atoms with van der Waals surface area (Å²) in [5, 5.41) is 16.7. The lowest BCUT2D eigenvalue weighted by Gasteiger charge is -2.20. The molecule has 4 rings (SSSR count). The van der Waals surface area contributed by atoms with Crippen molar-refractivity contribution >= 4 is 11.9 Å². The number of nitrogens with zero attached hydrogens (tertiary/aromatic N) is 2. The van der Waals surface area contributed by atoms with Crippen molar-refractivity contribution in [1.82, 2.24) is 9.88 Å². The average Bonchev–Trinajstić information content (AvgIpc) is 3.37. The van der Waals surface area contributed by atoms with Gasteiger partial charge in [-0.15, -0.1) is 0 Å². The van der Waals surface area contributed by atoms with Gasteiger partial charge in [0.25, 0.3) is 5.91 Å². The Kier molecular flexibility index (Phi) is 8.68. The lowest BCUT2D eigenvalue weighted by molar-refractivity contribution is -0.192. The number of aromatic hydroxyl groups is 1. The molecule has 0 spiro atoms. The van der Waals surface area contributed by atoms with Crippen molar-refractivity contribution < 1.29 is 42.4 Å². The lowest BCUT2D eigenvalue weighted by Crippen LogP contribution is -2.31. The van der Waals surface area contributed by atoms with Gasteiger partial charge in [-0.25, -0.2) is 4.79 Å². The molecule has 2 N–H and O–H groups in total. The van der Waals surface area contributed by atoms with Crippen molar-refractivity contribution in [1.29, 1.82) is 0 Å². The van der Waals surface area contributed by atoms with Gasteiger partial charge in [0.1, 0.15) is 5.75 Å². The van der Waals surface area contributed by atoms with Crippen LogP contribution in [0.4, 0.5) is 13.2 Å². The van der Waals surface area contributed by atoms with E-state index in [0.717, 1.165) is 24.4 Å². The van der Waals surface area contributed by atoms with Gasteiger partial charge in [-0.1, -0.05) is 12.1 Å². The Hall–Kier alpha value is -3.18. The van der Waals surface area contributed by atoms with Crippen LogP contribution in [0.3, 0.4) is 0 Å². The van der Waals surface area contributed by atoms with Gasteiger partial charge < -0.3 is 24.6 Å². The molecule has 0 radical (unpaired) electrons. The molecule has 0 saturated carbocycles. The fourth-order valence-corrected chi connectivity index (χ4v) is 4.17. The number of ether oxygens (including phenoxy) is 2. The van der Waals surface area contributed by atoms with Crippen molar-refractivity contribution in [3.05, 3.63) is 59.4 Å². The second-order valence-corrected chi connectivity index (χ2v) is 8.47. The summed E-state index contributed by atoms with van der Waals surface area (Å²) in [4.78, 5) is 27.9. The van der Waals surface area contributed by atoms with E-state index in [1.54, 1.807) is 18.2 Å². The Balaban J connectivity index is 0.000000429.